The first-order chi connectivity index (χ1) is 19.5. The number of hydrogen-bond acceptors (Lipinski definition) is 6. The fourth-order valence-corrected chi connectivity index (χ4v) is 5.63. The van der Waals surface area contributed by atoms with Crippen LogP contribution in [-0.2, 0) is 11.8 Å². The number of para-hydroxylation sites is 1. The summed E-state index contributed by atoms with van der Waals surface area (Å²) in [5.74, 6) is 9.33. The van der Waals surface area contributed by atoms with Crippen molar-refractivity contribution in [2.75, 3.05) is 31.9 Å². The van der Waals surface area contributed by atoms with Crippen molar-refractivity contribution in [2.45, 2.75) is 18.9 Å². The van der Waals surface area contributed by atoms with Gasteiger partial charge in [0, 0.05) is 50.7 Å². The van der Waals surface area contributed by atoms with Gasteiger partial charge in [-0.3, -0.25) is 9.69 Å². The molecule has 1 aliphatic carbocycles. The third kappa shape index (κ3) is 4.92. The summed E-state index contributed by atoms with van der Waals surface area (Å²) < 4.78 is 8.00. The lowest BCUT2D eigenvalue weighted by atomic mass is 9.79. The van der Waals surface area contributed by atoms with Gasteiger partial charge in [0.2, 0.25) is 5.91 Å². The van der Waals surface area contributed by atoms with Gasteiger partial charge in [-0.15, -0.1) is 0 Å². The summed E-state index contributed by atoms with van der Waals surface area (Å²) in [6.45, 7) is 6.92. The molecule has 1 saturated heterocycles. The van der Waals surface area contributed by atoms with Crippen molar-refractivity contribution >= 4 is 22.8 Å². The van der Waals surface area contributed by atoms with Gasteiger partial charge in [0.15, 0.2) is 0 Å². The Morgan fingerprint density at radius 3 is 2.42 bits per heavy atom. The van der Waals surface area contributed by atoms with Crippen molar-refractivity contribution in [2.24, 2.45) is 13.0 Å². The van der Waals surface area contributed by atoms with Gasteiger partial charge >= 0.3 is 0 Å². The van der Waals surface area contributed by atoms with Crippen molar-refractivity contribution in [1.29, 1.82) is 0 Å². The number of anilines is 1. The molecule has 202 valence electrons. The zero-order chi connectivity index (χ0) is 27.6. The second-order valence-corrected chi connectivity index (χ2v) is 10.3. The predicted octanol–water partition coefficient (Wildman–Crippen LogP) is 4.47. The highest BCUT2D eigenvalue weighted by Gasteiger charge is 2.34. The summed E-state index contributed by atoms with van der Waals surface area (Å²) in [6.07, 6.45) is 4.97. The molecule has 0 atom stereocenters. The molecule has 1 aliphatic heterocycles. The summed E-state index contributed by atoms with van der Waals surface area (Å²) in [4.78, 5) is 25.0. The van der Waals surface area contributed by atoms with Gasteiger partial charge in [0.05, 0.1) is 5.39 Å². The number of nitrogen functional groups attached to an aromatic ring is 1. The number of amides is 1. The Bertz CT molecular complexity index is 1600. The van der Waals surface area contributed by atoms with Crippen molar-refractivity contribution < 1.29 is 9.53 Å². The van der Waals surface area contributed by atoms with E-state index in [0.717, 1.165) is 78.4 Å². The average molecular weight is 533 g/mol. The van der Waals surface area contributed by atoms with Crippen LogP contribution < -0.4 is 10.5 Å². The van der Waals surface area contributed by atoms with Crippen LogP contribution in [0.4, 0.5) is 5.82 Å². The quantitative estimate of drug-likeness (QED) is 0.301. The average Bonchev–Trinajstić information content (AvgIpc) is 3.25. The SMILES string of the molecule is C=CC(=O)N1CCN(C2CC(C#Cc3c(-c4ccc(Oc5ccccc5)cc4)c4c(N)ncnc4n3C)C2)CC1. The lowest BCUT2D eigenvalue weighted by Crippen LogP contribution is -2.54. The molecule has 1 amide bonds. The van der Waals surface area contributed by atoms with Crippen LogP contribution in [0.2, 0.25) is 0 Å². The van der Waals surface area contributed by atoms with Crippen LogP contribution in [-0.4, -0.2) is 62.5 Å². The Kier molecular flexibility index (Phi) is 6.97. The number of aryl methyl sites for hydroxylation is 1. The minimum absolute atomic E-state index is 0.0199. The van der Waals surface area contributed by atoms with Crippen LogP contribution >= 0.6 is 0 Å². The molecule has 6 rings (SSSR count). The molecular weight excluding hydrogens is 500 g/mol. The van der Waals surface area contributed by atoms with Crippen LogP contribution in [0.5, 0.6) is 11.5 Å². The van der Waals surface area contributed by atoms with Gasteiger partial charge in [0.25, 0.3) is 0 Å². The number of nitrogens with zero attached hydrogens (tertiary/aromatic N) is 5. The van der Waals surface area contributed by atoms with E-state index in [1.54, 1.807) is 0 Å². The van der Waals surface area contributed by atoms with E-state index in [2.05, 4.69) is 33.3 Å². The van der Waals surface area contributed by atoms with Gasteiger partial charge in [-0.05, 0) is 54.7 Å². The minimum Gasteiger partial charge on any atom is -0.457 e. The molecule has 8 nitrogen and oxygen atoms in total. The maximum absolute atomic E-state index is 11.9. The number of fused-ring (bicyclic) bond motifs is 1. The van der Waals surface area contributed by atoms with E-state index in [9.17, 15) is 4.79 Å². The lowest BCUT2D eigenvalue weighted by Gasteiger charge is -2.45. The molecule has 40 heavy (non-hydrogen) atoms. The second kappa shape index (κ2) is 10.9. The molecule has 2 N–H and O–H groups in total. The number of hydrogen-bond donors (Lipinski definition) is 1. The molecule has 1 saturated carbocycles. The van der Waals surface area contributed by atoms with Crippen molar-refractivity contribution in [3.05, 3.63) is 79.3 Å². The predicted molar refractivity (Wildman–Crippen MR) is 157 cm³/mol. The van der Waals surface area contributed by atoms with Crippen LogP contribution in [0.3, 0.4) is 0 Å². The zero-order valence-electron chi connectivity index (χ0n) is 22.6. The monoisotopic (exact) mass is 532 g/mol. The van der Waals surface area contributed by atoms with Gasteiger partial charge in [-0.2, -0.15) is 0 Å². The van der Waals surface area contributed by atoms with Crippen LogP contribution in [0.15, 0.2) is 73.6 Å². The fourth-order valence-electron chi connectivity index (χ4n) is 5.63. The smallest absolute Gasteiger partial charge is 0.246 e. The number of rotatable bonds is 5. The second-order valence-electron chi connectivity index (χ2n) is 10.3. The largest absolute Gasteiger partial charge is 0.457 e. The molecule has 2 aliphatic rings. The molecule has 2 aromatic carbocycles. The lowest BCUT2D eigenvalue weighted by molar-refractivity contribution is -0.128. The molecule has 2 aromatic heterocycles. The highest BCUT2D eigenvalue weighted by molar-refractivity contribution is 6.03. The summed E-state index contributed by atoms with van der Waals surface area (Å²) in [5, 5.41) is 0.810. The highest BCUT2D eigenvalue weighted by atomic mass is 16.5. The normalized spacial score (nSPS) is 19.0. The van der Waals surface area contributed by atoms with E-state index in [0.29, 0.717) is 17.8 Å². The van der Waals surface area contributed by atoms with Gasteiger partial charge < -0.3 is 19.9 Å². The van der Waals surface area contributed by atoms with Gasteiger partial charge in [-0.1, -0.05) is 42.8 Å². The van der Waals surface area contributed by atoms with E-state index < -0.39 is 0 Å². The van der Waals surface area contributed by atoms with Crippen molar-refractivity contribution in [1.82, 2.24) is 24.3 Å². The maximum atomic E-state index is 11.9. The molecule has 0 bridgehead atoms. The first-order valence-corrected chi connectivity index (χ1v) is 13.6. The van der Waals surface area contributed by atoms with Crippen molar-refractivity contribution in [3.63, 3.8) is 0 Å². The molecule has 4 aromatic rings. The zero-order valence-corrected chi connectivity index (χ0v) is 22.6. The molecule has 2 fully saturated rings. The number of carbonyl (C=O) groups excluding carboxylic acids is 1. The molecule has 8 heteroatoms. The first kappa shape index (κ1) is 25.7. The van der Waals surface area contributed by atoms with Crippen LogP contribution in [0, 0.1) is 17.8 Å². The molecule has 0 unspecified atom stereocenters. The first-order valence-electron chi connectivity index (χ1n) is 13.6. The standard InChI is InChI=1S/C32H32N6O2/c1-3-28(39)38-17-15-37(16-18-38)24-19-22(20-24)9-14-27-29(30-31(33)34-21-35-32(30)36(27)2)23-10-12-26(13-11-23)40-25-7-5-4-6-8-25/h3-8,10-13,21-22,24H,1,15-20H2,2H3,(H2,33,34,35). The number of carbonyl (C=O) groups is 1. The summed E-state index contributed by atoms with van der Waals surface area (Å²) in [5.41, 5.74) is 9.92. The maximum Gasteiger partial charge on any atom is 0.246 e. The van der Waals surface area contributed by atoms with Gasteiger partial charge in [0.1, 0.15) is 35.0 Å². The molecule has 3 heterocycles. The number of ether oxygens (including phenoxy) is 1. The third-order valence-electron chi connectivity index (χ3n) is 7.94. The Hall–Kier alpha value is -4.61. The Labute approximate surface area is 234 Å². The van der Waals surface area contributed by atoms with E-state index in [1.807, 2.05) is 71.1 Å². The number of piperazine rings is 1. The Morgan fingerprint density at radius 2 is 1.73 bits per heavy atom. The molecular formula is C32H32N6O2. The number of benzene rings is 2. The number of aromatic nitrogens is 3. The summed E-state index contributed by atoms with van der Waals surface area (Å²) in [6, 6.07) is 18.2. The van der Waals surface area contributed by atoms with Crippen LogP contribution in [0.25, 0.3) is 22.2 Å². The van der Waals surface area contributed by atoms with Crippen LogP contribution in [0.1, 0.15) is 18.5 Å². The summed E-state index contributed by atoms with van der Waals surface area (Å²) in [7, 11) is 1.97. The van der Waals surface area contributed by atoms with E-state index in [1.165, 1.54) is 12.4 Å². The van der Waals surface area contributed by atoms with E-state index in [-0.39, 0.29) is 5.91 Å². The Morgan fingerprint density at radius 1 is 1.02 bits per heavy atom. The summed E-state index contributed by atoms with van der Waals surface area (Å²) >= 11 is 0. The molecule has 0 spiro atoms. The fraction of sp³-hybridized carbons (Fsp3) is 0.281. The molecule has 0 radical (unpaired) electrons. The minimum atomic E-state index is 0.0199. The van der Waals surface area contributed by atoms with Crippen molar-refractivity contribution in [3.8, 4) is 34.5 Å². The topological polar surface area (TPSA) is 89.5 Å². The van der Waals surface area contributed by atoms with E-state index in [4.69, 9.17) is 10.5 Å². The third-order valence-corrected chi connectivity index (χ3v) is 7.94. The van der Waals surface area contributed by atoms with E-state index >= 15 is 0 Å². The number of nitrogens with two attached hydrogens (primary N) is 1. The van der Waals surface area contributed by atoms with Gasteiger partial charge in [-0.25, -0.2) is 9.97 Å². The highest BCUT2D eigenvalue weighted by Crippen LogP contribution is 2.37. The Balaban J connectivity index is 1.22.